The maximum Gasteiger partial charge on any atom is 0.340 e. The minimum absolute atomic E-state index is 0.0180. The van der Waals surface area contributed by atoms with Crippen molar-refractivity contribution in [1.82, 2.24) is 5.32 Å². The van der Waals surface area contributed by atoms with Gasteiger partial charge in [-0.25, -0.2) is 0 Å². The maximum atomic E-state index is 12.8. The van der Waals surface area contributed by atoms with Crippen LogP contribution in [0.15, 0.2) is 66.5 Å². The molecule has 1 heterocycles. The second-order valence-corrected chi connectivity index (χ2v) is 14.6. The van der Waals surface area contributed by atoms with Gasteiger partial charge in [-0.15, -0.1) is 5.10 Å². The zero-order valence-corrected chi connectivity index (χ0v) is 28.3. The molecule has 0 bridgehead atoms. The van der Waals surface area contributed by atoms with Crippen LogP contribution >= 0.6 is 43.6 Å². The van der Waals surface area contributed by atoms with E-state index in [2.05, 4.69) is 54.3 Å². The summed E-state index contributed by atoms with van der Waals surface area (Å²) in [6, 6.07) is 11.4. The average molecular weight is 730 g/mol. The van der Waals surface area contributed by atoms with E-state index in [1.807, 2.05) is 0 Å². The highest BCUT2D eigenvalue weighted by Gasteiger charge is 2.29. The molecule has 1 saturated heterocycles. The van der Waals surface area contributed by atoms with Crippen LogP contribution in [0.25, 0.3) is 0 Å². The van der Waals surface area contributed by atoms with Crippen molar-refractivity contribution in [2.75, 3.05) is 0 Å². The maximum absolute atomic E-state index is 12.8. The molecule has 0 saturated carbocycles. The Kier molecular flexibility index (Phi) is 14.9. The van der Waals surface area contributed by atoms with E-state index in [9.17, 15) is 13.2 Å². The van der Waals surface area contributed by atoms with E-state index in [1.54, 1.807) is 36.4 Å². The summed E-state index contributed by atoms with van der Waals surface area (Å²) in [5.41, 5.74) is 0.609. The molecule has 224 valence electrons. The molecule has 11 heteroatoms. The SMILES string of the molecule is CCCCCCCCCCCCCC[C@@H]1S/C(=N\N=C/c2cccc(OS(=O)(=O)c3cc(Br)ccc3Br)c2)NC1=O. The van der Waals surface area contributed by atoms with Crippen LogP contribution < -0.4 is 9.50 Å². The fourth-order valence-electron chi connectivity index (χ4n) is 4.45. The Morgan fingerprint density at radius 1 is 0.927 bits per heavy atom. The molecule has 2 aromatic rings. The molecule has 0 radical (unpaired) electrons. The molecule has 1 N–H and O–H groups in total. The first-order valence-electron chi connectivity index (χ1n) is 14.4. The van der Waals surface area contributed by atoms with Gasteiger partial charge in [0.15, 0.2) is 5.17 Å². The van der Waals surface area contributed by atoms with Crippen LogP contribution in [0.5, 0.6) is 5.75 Å². The number of carbonyl (C=O) groups excluding carboxylic acids is 1. The van der Waals surface area contributed by atoms with Gasteiger partial charge in [0.25, 0.3) is 0 Å². The number of nitrogens with zero attached hydrogens (tertiary/aromatic N) is 2. The molecule has 0 aliphatic carbocycles. The van der Waals surface area contributed by atoms with Gasteiger partial charge in [0.05, 0.1) is 11.5 Å². The molecule has 3 rings (SSSR count). The first kappa shape index (κ1) is 33.8. The minimum atomic E-state index is -4.05. The van der Waals surface area contributed by atoms with Crippen LogP contribution in [0.2, 0.25) is 0 Å². The summed E-state index contributed by atoms with van der Waals surface area (Å²) in [7, 11) is -4.05. The summed E-state index contributed by atoms with van der Waals surface area (Å²) in [6.45, 7) is 2.25. The van der Waals surface area contributed by atoms with Gasteiger partial charge >= 0.3 is 10.1 Å². The van der Waals surface area contributed by atoms with Crippen molar-refractivity contribution < 1.29 is 17.4 Å². The summed E-state index contributed by atoms with van der Waals surface area (Å²) < 4.78 is 31.9. The molecule has 0 spiro atoms. The standard InChI is InChI=1S/C30H39Br2N3O4S2/c1-2-3-4-5-6-7-8-9-10-11-12-13-17-27-29(36)34-30(40-27)35-33-22-23-15-14-16-25(20-23)39-41(37,38)28-21-24(31)18-19-26(28)32/h14-16,18-22,27H,2-13,17H2,1H3,(H,34,35,36)/b33-22-/t27-/m0/s1. The van der Waals surface area contributed by atoms with E-state index in [1.165, 1.54) is 88.3 Å². The van der Waals surface area contributed by atoms with Crippen molar-refractivity contribution in [3.8, 4) is 5.75 Å². The molecular weight excluding hydrogens is 690 g/mol. The number of nitrogens with one attached hydrogen (secondary N) is 1. The van der Waals surface area contributed by atoms with E-state index in [0.29, 0.717) is 19.7 Å². The fraction of sp³-hybridized carbons (Fsp3) is 0.500. The zero-order valence-electron chi connectivity index (χ0n) is 23.5. The minimum Gasteiger partial charge on any atom is -0.379 e. The quantitative estimate of drug-likeness (QED) is 0.0715. The monoisotopic (exact) mass is 727 g/mol. The summed E-state index contributed by atoms with van der Waals surface area (Å²) in [4.78, 5) is 12.4. The summed E-state index contributed by atoms with van der Waals surface area (Å²) in [5, 5.41) is 11.4. The number of rotatable bonds is 18. The Hall–Kier alpha value is -1.69. The van der Waals surface area contributed by atoms with E-state index >= 15 is 0 Å². The average Bonchev–Trinajstić information content (AvgIpc) is 3.29. The summed E-state index contributed by atoms with van der Waals surface area (Å²) in [5.74, 6) is 0.130. The predicted molar refractivity (Wildman–Crippen MR) is 176 cm³/mol. The van der Waals surface area contributed by atoms with Crippen LogP contribution in [-0.2, 0) is 14.9 Å². The smallest absolute Gasteiger partial charge is 0.340 e. The third-order valence-corrected chi connectivity index (χ3v) is 10.6. The Morgan fingerprint density at radius 2 is 1.59 bits per heavy atom. The van der Waals surface area contributed by atoms with Crippen molar-refractivity contribution in [2.45, 2.75) is 101 Å². The number of carbonyl (C=O) groups is 1. The lowest BCUT2D eigenvalue weighted by Crippen LogP contribution is -2.24. The molecule has 1 fully saturated rings. The Bertz CT molecular complexity index is 1300. The van der Waals surface area contributed by atoms with Gasteiger partial charge in [0.1, 0.15) is 10.6 Å². The third kappa shape index (κ3) is 12.2. The van der Waals surface area contributed by atoms with Crippen molar-refractivity contribution >= 4 is 71.0 Å². The lowest BCUT2D eigenvalue weighted by atomic mass is 10.0. The largest absolute Gasteiger partial charge is 0.379 e. The predicted octanol–water partition coefficient (Wildman–Crippen LogP) is 8.99. The molecule has 41 heavy (non-hydrogen) atoms. The van der Waals surface area contributed by atoms with Crippen LogP contribution in [0.4, 0.5) is 0 Å². The Balaban J connectivity index is 1.38. The van der Waals surface area contributed by atoms with Gasteiger partial charge in [-0.1, -0.05) is 124 Å². The second kappa shape index (κ2) is 18.1. The van der Waals surface area contributed by atoms with Crippen LogP contribution in [0.3, 0.4) is 0 Å². The van der Waals surface area contributed by atoms with Crippen LogP contribution in [0.1, 0.15) is 96.0 Å². The van der Waals surface area contributed by atoms with Crippen molar-refractivity contribution in [3.63, 3.8) is 0 Å². The van der Waals surface area contributed by atoms with Crippen LogP contribution in [-0.4, -0.2) is 31.0 Å². The second-order valence-electron chi connectivity index (χ2n) is 10.1. The highest BCUT2D eigenvalue weighted by Crippen LogP contribution is 2.29. The van der Waals surface area contributed by atoms with Crippen molar-refractivity contribution in [1.29, 1.82) is 0 Å². The van der Waals surface area contributed by atoms with Crippen molar-refractivity contribution in [2.24, 2.45) is 10.2 Å². The van der Waals surface area contributed by atoms with Crippen LogP contribution in [0, 0.1) is 0 Å². The summed E-state index contributed by atoms with van der Waals surface area (Å²) >= 11 is 7.96. The molecule has 0 unspecified atom stereocenters. The molecule has 1 atom stereocenters. The van der Waals surface area contributed by atoms with Gasteiger partial charge in [0, 0.05) is 8.95 Å². The van der Waals surface area contributed by atoms with E-state index in [0.717, 1.165) is 19.3 Å². The van der Waals surface area contributed by atoms with E-state index in [-0.39, 0.29) is 21.8 Å². The first-order valence-corrected chi connectivity index (χ1v) is 18.2. The number of benzene rings is 2. The number of amidine groups is 1. The highest BCUT2D eigenvalue weighted by molar-refractivity contribution is 9.11. The molecule has 1 aliphatic rings. The Morgan fingerprint density at radius 3 is 2.27 bits per heavy atom. The normalized spacial score (nSPS) is 16.5. The highest BCUT2D eigenvalue weighted by atomic mass is 79.9. The van der Waals surface area contributed by atoms with E-state index < -0.39 is 10.1 Å². The molecule has 2 aromatic carbocycles. The van der Waals surface area contributed by atoms with Gasteiger partial charge < -0.3 is 9.50 Å². The number of hydrogen-bond donors (Lipinski definition) is 1. The number of amides is 1. The number of halogens is 2. The fourth-order valence-corrected chi connectivity index (χ4v) is 7.80. The lowest BCUT2D eigenvalue weighted by molar-refractivity contribution is -0.118. The van der Waals surface area contributed by atoms with E-state index in [4.69, 9.17) is 4.18 Å². The van der Waals surface area contributed by atoms with Gasteiger partial charge in [-0.3, -0.25) is 4.79 Å². The Labute approximate surface area is 265 Å². The number of hydrogen-bond acceptors (Lipinski definition) is 7. The third-order valence-electron chi connectivity index (χ3n) is 6.68. The topological polar surface area (TPSA) is 97.2 Å². The lowest BCUT2D eigenvalue weighted by Gasteiger charge is -2.09. The zero-order chi connectivity index (χ0) is 29.5. The number of unbranched alkanes of at least 4 members (excludes halogenated alkanes) is 11. The van der Waals surface area contributed by atoms with Gasteiger partial charge in [0.2, 0.25) is 5.91 Å². The summed E-state index contributed by atoms with van der Waals surface area (Å²) in [6.07, 6.45) is 17.8. The molecule has 7 nitrogen and oxygen atoms in total. The number of thioether (sulfide) groups is 1. The molecule has 0 aromatic heterocycles. The van der Waals surface area contributed by atoms with Gasteiger partial charge in [-0.2, -0.15) is 13.5 Å². The first-order chi connectivity index (χ1) is 19.8. The van der Waals surface area contributed by atoms with Crippen molar-refractivity contribution in [3.05, 3.63) is 57.0 Å². The molecule has 1 amide bonds. The molecular formula is C30H39Br2N3O4S2. The van der Waals surface area contributed by atoms with Gasteiger partial charge in [-0.05, 0) is 58.2 Å². The molecule has 1 aliphatic heterocycles.